The molecule has 6 heterocycles. The van der Waals surface area contributed by atoms with Gasteiger partial charge in [-0.05, 0) is 88.2 Å². The number of carbonyl (C=O) groups excluding carboxylic acids is 2. The first-order valence-electron chi connectivity index (χ1n) is 18.4. The largest absolute Gasteiger partial charge is 0.465 e. The van der Waals surface area contributed by atoms with Crippen LogP contribution in [0.2, 0.25) is 10.4 Å². The highest BCUT2D eigenvalue weighted by Crippen LogP contribution is 2.32. The zero-order chi connectivity index (χ0) is 39.6. The van der Waals surface area contributed by atoms with Crippen LogP contribution in [0.3, 0.4) is 0 Å². The molecule has 0 atom stereocenters. The normalized spacial score (nSPS) is 12.5. The molecule has 0 unspecified atom stereocenters. The van der Waals surface area contributed by atoms with Crippen molar-refractivity contribution in [2.75, 3.05) is 50.2 Å². The molecule has 0 N–H and O–H groups in total. The minimum atomic E-state index is -0.263. The van der Waals surface area contributed by atoms with Crippen molar-refractivity contribution in [2.24, 2.45) is 0 Å². The Morgan fingerprint density at radius 3 is 1.79 bits per heavy atom. The van der Waals surface area contributed by atoms with Crippen molar-refractivity contribution >= 4 is 68.3 Å². The minimum absolute atomic E-state index is 0.159. The second-order valence-electron chi connectivity index (χ2n) is 13.1. The quantitative estimate of drug-likeness (QED) is 0.0888. The van der Waals surface area contributed by atoms with Crippen molar-refractivity contribution in [3.05, 3.63) is 94.4 Å². The molecular weight excluding hydrogens is 755 g/mol. The van der Waals surface area contributed by atoms with Gasteiger partial charge in [0, 0.05) is 89.6 Å². The SMILES string of the molecule is CCOC(=O)CN(C)c1nc(-c2cc3cnccc3cn2)nc2c1CCC2.CCOC(=O)CN(C)c1nc(Cl)nc2c1CCC2.Clc1cc2cnccc2cn1. The average Bonchev–Trinajstić information content (AvgIpc) is 3.87. The summed E-state index contributed by atoms with van der Waals surface area (Å²) < 4.78 is 10.00. The maximum absolute atomic E-state index is 11.9. The molecule has 2 aliphatic rings. The Labute approximate surface area is 334 Å². The highest BCUT2D eigenvalue weighted by molar-refractivity contribution is 6.30. The van der Waals surface area contributed by atoms with Gasteiger partial charge in [0.2, 0.25) is 5.28 Å². The van der Waals surface area contributed by atoms with Crippen LogP contribution in [-0.4, -0.2) is 92.2 Å². The maximum atomic E-state index is 11.9. The van der Waals surface area contributed by atoms with E-state index in [-0.39, 0.29) is 30.3 Å². The number of fused-ring (bicyclic) bond motifs is 4. The van der Waals surface area contributed by atoms with Crippen LogP contribution in [0.4, 0.5) is 11.6 Å². The number of esters is 2. The number of ether oxygens (including phenoxy) is 2. The summed E-state index contributed by atoms with van der Waals surface area (Å²) >= 11 is 11.6. The van der Waals surface area contributed by atoms with Gasteiger partial charge in [0.15, 0.2) is 5.82 Å². The molecule has 56 heavy (non-hydrogen) atoms. The second kappa shape index (κ2) is 18.8. The molecule has 0 saturated carbocycles. The summed E-state index contributed by atoms with van der Waals surface area (Å²) in [5.74, 6) is 1.58. The molecular formula is C40H42Cl2N10O4. The predicted molar refractivity (Wildman–Crippen MR) is 216 cm³/mol. The number of pyridine rings is 4. The highest BCUT2D eigenvalue weighted by Gasteiger charge is 2.24. The van der Waals surface area contributed by atoms with Gasteiger partial charge >= 0.3 is 11.9 Å². The molecule has 0 aromatic carbocycles. The van der Waals surface area contributed by atoms with Crippen LogP contribution < -0.4 is 9.80 Å². The zero-order valence-electron chi connectivity index (χ0n) is 31.7. The van der Waals surface area contributed by atoms with Gasteiger partial charge in [0.1, 0.15) is 35.6 Å². The fraction of sp³-hybridized carbons (Fsp3) is 0.350. The standard InChI is InChI=1S/C20H21N5O2.C12H16ClN3O2.C8H5ClN2/c1-3-27-18(26)12-25(2)20-15-5-4-6-16(15)23-19(24-20)17-9-14-10-21-8-7-13(14)11-22-17;1-3-18-10(17)7-16(2)11-8-5-4-6-9(8)14-12(13)15-11;9-8-3-7-4-10-2-1-6(7)5-11-8/h7-11H,3-6,12H2,1-2H3;3-7H2,1-2H3;1-5H. The van der Waals surface area contributed by atoms with Crippen LogP contribution >= 0.6 is 23.2 Å². The fourth-order valence-corrected chi connectivity index (χ4v) is 6.89. The van der Waals surface area contributed by atoms with Crippen LogP contribution in [0.5, 0.6) is 0 Å². The fourth-order valence-electron chi connectivity index (χ4n) is 6.55. The second-order valence-corrected chi connectivity index (χ2v) is 13.8. The number of aryl methyl sites for hydroxylation is 2. The van der Waals surface area contributed by atoms with E-state index in [1.54, 1.807) is 49.6 Å². The van der Waals surface area contributed by atoms with Gasteiger partial charge in [-0.15, -0.1) is 0 Å². The molecule has 16 heteroatoms. The molecule has 0 saturated heterocycles. The van der Waals surface area contributed by atoms with E-state index in [1.807, 2.05) is 49.6 Å². The van der Waals surface area contributed by atoms with Crippen LogP contribution in [0.25, 0.3) is 33.1 Å². The number of hydrogen-bond acceptors (Lipinski definition) is 14. The highest BCUT2D eigenvalue weighted by atomic mass is 35.5. The Hall–Kier alpha value is -5.60. The Balaban J connectivity index is 0.000000157. The van der Waals surface area contributed by atoms with Gasteiger partial charge in [0.25, 0.3) is 0 Å². The lowest BCUT2D eigenvalue weighted by Gasteiger charge is -2.20. The van der Waals surface area contributed by atoms with Gasteiger partial charge in [-0.3, -0.25) is 24.5 Å². The summed E-state index contributed by atoms with van der Waals surface area (Å²) in [4.78, 5) is 61.6. The van der Waals surface area contributed by atoms with Crippen LogP contribution in [-0.2, 0) is 44.7 Å². The summed E-state index contributed by atoms with van der Waals surface area (Å²) in [5.41, 5.74) is 4.97. The number of carbonyl (C=O) groups is 2. The smallest absolute Gasteiger partial charge is 0.325 e. The monoisotopic (exact) mass is 796 g/mol. The molecule has 290 valence electrons. The third kappa shape index (κ3) is 9.98. The predicted octanol–water partition coefficient (Wildman–Crippen LogP) is 6.48. The van der Waals surface area contributed by atoms with Crippen molar-refractivity contribution in [3.63, 3.8) is 0 Å². The minimum Gasteiger partial charge on any atom is -0.465 e. The van der Waals surface area contributed by atoms with E-state index in [9.17, 15) is 9.59 Å². The third-order valence-electron chi connectivity index (χ3n) is 9.10. The molecule has 6 aromatic rings. The molecule has 0 amide bonds. The number of anilines is 2. The number of hydrogen-bond donors (Lipinski definition) is 0. The van der Waals surface area contributed by atoms with E-state index < -0.39 is 0 Å². The van der Waals surface area contributed by atoms with Crippen LogP contribution in [0.15, 0.2) is 61.4 Å². The number of rotatable bonds is 9. The average molecular weight is 798 g/mol. The topological polar surface area (TPSA) is 162 Å². The lowest BCUT2D eigenvalue weighted by atomic mass is 10.2. The maximum Gasteiger partial charge on any atom is 0.325 e. The number of halogens is 2. The molecule has 0 radical (unpaired) electrons. The van der Waals surface area contributed by atoms with Crippen molar-refractivity contribution in [3.8, 4) is 11.5 Å². The molecule has 0 aliphatic heterocycles. The summed E-state index contributed by atoms with van der Waals surface area (Å²) in [6.07, 6.45) is 16.4. The third-order valence-corrected chi connectivity index (χ3v) is 9.48. The van der Waals surface area contributed by atoms with Gasteiger partial charge in [-0.2, -0.15) is 0 Å². The van der Waals surface area contributed by atoms with E-state index in [0.29, 0.717) is 29.9 Å². The zero-order valence-corrected chi connectivity index (χ0v) is 33.2. The number of likely N-dealkylation sites (N-methyl/N-ethyl adjacent to an activating group) is 2. The number of nitrogens with zero attached hydrogens (tertiary/aromatic N) is 10. The molecule has 6 aromatic heterocycles. The van der Waals surface area contributed by atoms with Gasteiger partial charge < -0.3 is 19.3 Å². The molecule has 0 spiro atoms. The Bertz CT molecular complexity index is 2350. The van der Waals surface area contributed by atoms with Gasteiger partial charge in [0.05, 0.1) is 18.9 Å². The van der Waals surface area contributed by atoms with Crippen molar-refractivity contribution < 1.29 is 19.1 Å². The Morgan fingerprint density at radius 1 is 0.661 bits per heavy atom. The van der Waals surface area contributed by atoms with Gasteiger partial charge in [-0.1, -0.05) is 11.6 Å². The lowest BCUT2D eigenvalue weighted by molar-refractivity contribution is -0.142. The van der Waals surface area contributed by atoms with E-state index in [1.165, 1.54) is 0 Å². The first-order chi connectivity index (χ1) is 27.1. The Kier molecular flexibility index (Phi) is 13.5. The Morgan fingerprint density at radius 2 is 1.20 bits per heavy atom. The summed E-state index contributed by atoms with van der Waals surface area (Å²) in [6.45, 7) is 4.68. The molecule has 8 rings (SSSR count). The van der Waals surface area contributed by atoms with Crippen molar-refractivity contribution in [2.45, 2.75) is 52.4 Å². The summed E-state index contributed by atoms with van der Waals surface area (Å²) in [6, 6.07) is 7.57. The summed E-state index contributed by atoms with van der Waals surface area (Å²) in [7, 11) is 3.67. The van der Waals surface area contributed by atoms with Crippen LogP contribution in [0.1, 0.15) is 49.2 Å². The van der Waals surface area contributed by atoms with Crippen LogP contribution in [0, 0.1) is 0 Å². The molecule has 14 nitrogen and oxygen atoms in total. The van der Waals surface area contributed by atoms with Gasteiger partial charge in [-0.25, -0.2) is 24.9 Å². The summed E-state index contributed by atoms with van der Waals surface area (Å²) in [5, 5.41) is 4.84. The van der Waals surface area contributed by atoms with Crippen molar-refractivity contribution in [1.82, 2.24) is 39.9 Å². The van der Waals surface area contributed by atoms with Crippen molar-refractivity contribution in [1.29, 1.82) is 0 Å². The number of aromatic nitrogens is 8. The molecule has 0 fully saturated rings. The van der Waals surface area contributed by atoms with E-state index in [4.69, 9.17) is 42.6 Å². The first-order valence-corrected chi connectivity index (χ1v) is 19.1. The first kappa shape index (κ1) is 40.1. The lowest BCUT2D eigenvalue weighted by Crippen LogP contribution is -2.29. The molecule has 2 aliphatic carbocycles. The van der Waals surface area contributed by atoms with E-state index in [2.05, 4.69) is 29.9 Å². The van der Waals surface area contributed by atoms with E-state index in [0.717, 1.165) is 94.2 Å². The van der Waals surface area contributed by atoms with E-state index >= 15 is 0 Å². The molecule has 0 bridgehead atoms.